The lowest BCUT2D eigenvalue weighted by Crippen LogP contribution is -2.05. The highest BCUT2D eigenvalue weighted by Crippen LogP contribution is 2.30. The van der Waals surface area contributed by atoms with E-state index in [1.54, 1.807) is 12.4 Å². The molecule has 0 saturated carbocycles. The summed E-state index contributed by atoms with van der Waals surface area (Å²) in [5.41, 5.74) is 4.57. The molecule has 0 unspecified atom stereocenters. The Labute approximate surface area is 122 Å². The SMILES string of the molecule is CC(=O)Nc1cccc(-c2n[nH]cc2-c2ccncc2)c1. The zero-order valence-electron chi connectivity index (χ0n) is 11.5. The number of aromatic amines is 1. The summed E-state index contributed by atoms with van der Waals surface area (Å²) in [7, 11) is 0. The third-order valence-electron chi connectivity index (χ3n) is 3.09. The number of aromatic nitrogens is 3. The van der Waals surface area contributed by atoms with E-state index < -0.39 is 0 Å². The van der Waals surface area contributed by atoms with Crippen LogP contribution in [0.25, 0.3) is 22.4 Å². The zero-order valence-corrected chi connectivity index (χ0v) is 11.5. The fourth-order valence-corrected chi connectivity index (χ4v) is 2.21. The predicted octanol–water partition coefficient (Wildman–Crippen LogP) is 3.10. The maximum Gasteiger partial charge on any atom is 0.221 e. The molecule has 1 aromatic carbocycles. The maximum absolute atomic E-state index is 11.2. The first-order chi connectivity index (χ1) is 10.2. The van der Waals surface area contributed by atoms with Crippen LogP contribution in [0.3, 0.4) is 0 Å². The molecule has 2 aromatic heterocycles. The van der Waals surface area contributed by atoms with Gasteiger partial charge in [0.05, 0.1) is 5.69 Å². The van der Waals surface area contributed by atoms with Crippen molar-refractivity contribution in [3.8, 4) is 22.4 Å². The predicted molar refractivity (Wildman–Crippen MR) is 81.6 cm³/mol. The van der Waals surface area contributed by atoms with E-state index in [1.165, 1.54) is 6.92 Å². The van der Waals surface area contributed by atoms with Gasteiger partial charge < -0.3 is 5.32 Å². The Kier molecular flexibility index (Phi) is 3.47. The highest BCUT2D eigenvalue weighted by molar-refractivity contribution is 5.90. The van der Waals surface area contributed by atoms with Crippen LogP contribution in [0.1, 0.15) is 6.92 Å². The molecule has 0 atom stereocenters. The average molecular weight is 278 g/mol. The summed E-state index contributed by atoms with van der Waals surface area (Å²) in [4.78, 5) is 15.2. The summed E-state index contributed by atoms with van der Waals surface area (Å²) < 4.78 is 0. The second-order valence-electron chi connectivity index (χ2n) is 4.65. The summed E-state index contributed by atoms with van der Waals surface area (Å²) in [6.45, 7) is 1.49. The number of amides is 1. The van der Waals surface area contributed by atoms with Crippen molar-refractivity contribution in [3.63, 3.8) is 0 Å². The topological polar surface area (TPSA) is 70.7 Å². The molecule has 0 spiro atoms. The van der Waals surface area contributed by atoms with Gasteiger partial charge in [0.1, 0.15) is 0 Å². The molecule has 1 amide bonds. The largest absolute Gasteiger partial charge is 0.326 e. The number of pyridine rings is 1. The van der Waals surface area contributed by atoms with Crippen LogP contribution in [0.15, 0.2) is 55.0 Å². The number of nitrogens with zero attached hydrogens (tertiary/aromatic N) is 2. The first kappa shape index (κ1) is 13.1. The number of H-pyrrole nitrogens is 1. The van der Waals surface area contributed by atoms with E-state index in [1.807, 2.05) is 42.6 Å². The number of benzene rings is 1. The van der Waals surface area contributed by atoms with E-state index in [0.29, 0.717) is 0 Å². The van der Waals surface area contributed by atoms with Crippen molar-refractivity contribution in [1.82, 2.24) is 15.2 Å². The van der Waals surface area contributed by atoms with Crippen molar-refractivity contribution in [3.05, 3.63) is 55.0 Å². The molecule has 104 valence electrons. The Morgan fingerprint density at radius 2 is 1.95 bits per heavy atom. The molecule has 0 aliphatic rings. The number of hydrogen-bond acceptors (Lipinski definition) is 3. The van der Waals surface area contributed by atoms with Gasteiger partial charge in [0, 0.05) is 42.3 Å². The zero-order chi connectivity index (χ0) is 14.7. The van der Waals surface area contributed by atoms with Gasteiger partial charge in [-0.15, -0.1) is 0 Å². The monoisotopic (exact) mass is 278 g/mol. The molecule has 21 heavy (non-hydrogen) atoms. The van der Waals surface area contributed by atoms with Crippen molar-refractivity contribution >= 4 is 11.6 Å². The Bertz CT molecular complexity index is 765. The first-order valence-corrected chi connectivity index (χ1v) is 6.56. The minimum Gasteiger partial charge on any atom is -0.326 e. The Morgan fingerprint density at radius 1 is 1.14 bits per heavy atom. The molecule has 5 nitrogen and oxygen atoms in total. The van der Waals surface area contributed by atoms with E-state index in [2.05, 4.69) is 20.5 Å². The summed E-state index contributed by atoms with van der Waals surface area (Å²) in [6, 6.07) is 11.5. The molecule has 0 aliphatic carbocycles. The molecule has 0 saturated heterocycles. The number of carbonyl (C=O) groups is 1. The molecule has 2 heterocycles. The first-order valence-electron chi connectivity index (χ1n) is 6.56. The molecule has 0 bridgehead atoms. The Morgan fingerprint density at radius 3 is 2.71 bits per heavy atom. The normalized spacial score (nSPS) is 10.3. The van der Waals surface area contributed by atoms with Gasteiger partial charge in [-0.25, -0.2) is 0 Å². The minimum atomic E-state index is -0.0939. The van der Waals surface area contributed by atoms with Crippen molar-refractivity contribution in [2.24, 2.45) is 0 Å². The van der Waals surface area contributed by atoms with Gasteiger partial charge in [0.2, 0.25) is 5.91 Å². The van der Waals surface area contributed by atoms with Gasteiger partial charge in [-0.1, -0.05) is 12.1 Å². The summed E-state index contributed by atoms with van der Waals surface area (Å²) in [5.74, 6) is -0.0939. The molecule has 0 aliphatic heterocycles. The molecule has 0 fully saturated rings. The van der Waals surface area contributed by atoms with E-state index in [9.17, 15) is 4.79 Å². The second kappa shape index (κ2) is 5.58. The lowest BCUT2D eigenvalue weighted by molar-refractivity contribution is -0.114. The van der Waals surface area contributed by atoms with Gasteiger partial charge in [-0.05, 0) is 29.8 Å². The van der Waals surface area contributed by atoms with Crippen molar-refractivity contribution in [2.45, 2.75) is 6.92 Å². The Balaban J connectivity index is 2.02. The molecule has 0 radical (unpaired) electrons. The van der Waals surface area contributed by atoms with Crippen molar-refractivity contribution in [2.75, 3.05) is 5.32 Å². The summed E-state index contributed by atoms with van der Waals surface area (Å²) in [6.07, 6.45) is 5.36. The van der Waals surface area contributed by atoms with Crippen LogP contribution in [-0.4, -0.2) is 21.1 Å². The van der Waals surface area contributed by atoms with Crippen LogP contribution >= 0.6 is 0 Å². The number of rotatable bonds is 3. The molecular weight excluding hydrogens is 264 g/mol. The second-order valence-corrected chi connectivity index (χ2v) is 4.65. The molecule has 3 aromatic rings. The highest BCUT2D eigenvalue weighted by atomic mass is 16.1. The average Bonchev–Trinajstić information content (AvgIpc) is 2.97. The van der Waals surface area contributed by atoms with E-state index in [-0.39, 0.29) is 5.91 Å². The number of nitrogens with one attached hydrogen (secondary N) is 2. The van der Waals surface area contributed by atoms with Gasteiger partial charge >= 0.3 is 0 Å². The van der Waals surface area contributed by atoms with Gasteiger partial charge in [-0.2, -0.15) is 5.10 Å². The number of hydrogen-bond donors (Lipinski definition) is 2. The minimum absolute atomic E-state index is 0.0939. The van der Waals surface area contributed by atoms with E-state index >= 15 is 0 Å². The van der Waals surface area contributed by atoms with Gasteiger partial charge in [-0.3, -0.25) is 14.9 Å². The van der Waals surface area contributed by atoms with Gasteiger partial charge in [0.25, 0.3) is 0 Å². The van der Waals surface area contributed by atoms with E-state index in [0.717, 1.165) is 28.1 Å². The fourth-order valence-electron chi connectivity index (χ4n) is 2.21. The lowest BCUT2D eigenvalue weighted by Gasteiger charge is -2.06. The summed E-state index contributed by atoms with van der Waals surface area (Å²) in [5, 5.41) is 10.0. The number of carbonyl (C=O) groups excluding carboxylic acids is 1. The van der Waals surface area contributed by atoms with E-state index in [4.69, 9.17) is 0 Å². The highest BCUT2D eigenvalue weighted by Gasteiger charge is 2.11. The maximum atomic E-state index is 11.2. The molecular formula is C16H14N4O. The van der Waals surface area contributed by atoms with Crippen LogP contribution in [0, 0.1) is 0 Å². The van der Waals surface area contributed by atoms with Crippen molar-refractivity contribution < 1.29 is 4.79 Å². The van der Waals surface area contributed by atoms with Crippen LogP contribution in [-0.2, 0) is 4.79 Å². The fraction of sp³-hybridized carbons (Fsp3) is 0.0625. The molecule has 2 N–H and O–H groups in total. The lowest BCUT2D eigenvalue weighted by atomic mass is 10.0. The van der Waals surface area contributed by atoms with Crippen LogP contribution < -0.4 is 5.32 Å². The third kappa shape index (κ3) is 2.81. The Hall–Kier alpha value is -2.95. The third-order valence-corrected chi connectivity index (χ3v) is 3.09. The van der Waals surface area contributed by atoms with Crippen LogP contribution in [0.4, 0.5) is 5.69 Å². The standard InChI is InChI=1S/C16H14N4O/c1-11(21)19-14-4-2-3-13(9-14)16-15(10-18-20-16)12-5-7-17-8-6-12/h2-10H,1H3,(H,18,20)(H,19,21). The number of anilines is 1. The smallest absolute Gasteiger partial charge is 0.221 e. The molecule has 3 rings (SSSR count). The van der Waals surface area contributed by atoms with Crippen molar-refractivity contribution in [1.29, 1.82) is 0 Å². The summed E-state index contributed by atoms with van der Waals surface area (Å²) >= 11 is 0. The quantitative estimate of drug-likeness (QED) is 0.773. The van der Waals surface area contributed by atoms with Crippen LogP contribution in [0.2, 0.25) is 0 Å². The molecule has 5 heteroatoms. The van der Waals surface area contributed by atoms with Crippen LogP contribution in [0.5, 0.6) is 0 Å². The van der Waals surface area contributed by atoms with Gasteiger partial charge in [0.15, 0.2) is 0 Å².